The third kappa shape index (κ3) is 8.10. The van der Waals surface area contributed by atoms with Gasteiger partial charge < -0.3 is 15.2 Å². The Bertz CT molecular complexity index is 550. The lowest BCUT2D eigenvalue weighted by Crippen LogP contribution is -2.28. The zero-order valence-electron chi connectivity index (χ0n) is 15.4. The zero-order valence-corrected chi connectivity index (χ0v) is 15.4. The summed E-state index contributed by atoms with van der Waals surface area (Å²) in [5.74, 6) is -0.424. The minimum Gasteiger partial charge on any atom is -0.462 e. The van der Waals surface area contributed by atoms with Gasteiger partial charge in [-0.2, -0.15) is 4.98 Å². The number of esters is 1. The third-order valence-electron chi connectivity index (χ3n) is 2.94. The van der Waals surface area contributed by atoms with E-state index in [2.05, 4.69) is 18.8 Å². The Morgan fingerprint density at radius 3 is 2.64 bits per heavy atom. The summed E-state index contributed by atoms with van der Waals surface area (Å²) in [7, 11) is 0. The lowest BCUT2D eigenvalue weighted by molar-refractivity contribution is -0.146. The number of nitrogens with one attached hydrogen (secondary N) is 1. The van der Waals surface area contributed by atoms with Gasteiger partial charge in [0, 0.05) is 6.20 Å². The monoisotopic (exact) mass is 358 g/mol. The molecule has 1 saturated heterocycles. The Hall–Kier alpha value is -1.97. The molecule has 0 saturated carbocycles. The first-order valence-corrected chi connectivity index (χ1v) is 8.56. The molecule has 0 aliphatic carbocycles. The summed E-state index contributed by atoms with van der Waals surface area (Å²) in [5, 5.41) is 8.66. The van der Waals surface area contributed by atoms with Crippen molar-refractivity contribution < 1.29 is 19.5 Å². The average molecular weight is 358 g/mol. The van der Waals surface area contributed by atoms with E-state index in [-0.39, 0.29) is 25.1 Å². The molecule has 1 aliphatic rings. The summed E-state index contributed by atoms with van der Waals surface area (Å²) in [6.07, 6.45) is 3.28. The predicted molar refractivity (Wildman–Crippen MR) is 94.4 cm³/mol. The molecule has 2 rings (SSSR count). The number of nitrogens with zero attached hydrogens (tertiary/aromatic N) is 2. The van der Waals surface area contributed by atoms with E-state index in [1.807, 2.05) is 13.8 Å². The smallest absolute Gasteiger partial charge is 0.351 e. The van der Waals surface area contributed by atoms with Gasteiger partial charge in [-0.3, -0.25) is 20.0 Å². The molecule has 0 bridgehead atoms. The molecule has 0 spiro atoms. The van der Waals surface area contributed by atoms with Crippen molar-refractivity contribution in [2.24, 2.45) is 5.73 Å². The molecule has 1 aliphatic heterocycles. The SMILES string of the molecule is CC.CCC.NCC(=O)OCC1CCC(n2ccc(NO)nc2=O)O1. The molecule has 9 nitrogen and oxygen atoms in total. The molecule has 0 radical (unpaired) electrons. The summed E-state index contributed by atoms with van der Waals surface area (Å²) in [5.41, 5.74) is 6.39. The Morgan fingerprint density at radius 2 is 2.12 bits per heavy atom. The maximum atomic E-state index is 11.7. The van der Waals surface area contributed by atoms with Gasteiger partial charge in [0.1, 0.15) is 12.8 Å². The molecule has 1 aromatic heterocycles. The van der Waals surface area contributed by atoms with Gasteiger partial charge in [0.15, 0.2) is 5.82 Å². The maximum absolute atomic E-state index is 11.7. The van der Waals surface area contributed by atoms with Crippen LogP contribution < -0.4 is 16.9 Å². The Kier molecular flexibility index (Phi) is 12.3. The number of carbonyl (C=O) groups excluding carboxylic acids is 1. The second-order valence-corrected chi connectivity index (χ2v) is 5.00. The molecule has 0 amide bonds. The van der Waals surface area contributed by atoms with E-state index >= 15 is 0 Å². The quantitative estimate of drug-likeness (QED) is 0.535. The molecule has 4 N–H and O–H groups in total. The van der Waals surface area contributed by atoms with E-state index in [1.54, 1.807) is 5.48 Å². The van der Waals surface area contributed by atoms with E-state index in [4.69, 9.17) is 20.4 Å². The van der Waals surface area contributed by atoms with Gasteiger partial charge in [-0.15, -0.1) is 0 Å². The summed E-state index contributed by atoms with van der Waals surface area (Å²) in [6, 6.07) is 1.45. The van der Waals surface area contributed by atoms with Crippen molar-refractivity contribution in [3.05, 3.63) is 22.7 Å². The second kappa shape index (κ2) is 13.3. The van der Waals surface area contributed by atoms with Gasteiger partial charge in [0.25, 0.3) is 0 Å². The van der Waals surface area contributed by atoms with Crippen LogP contribution in [0, 0.1) is 0 Å². The van der Waals surface area contributed by atoms with Gasteiger partial charge in [-0.05, 0) is 18.9 Å². The normalized spacial score (nSPS) is 18.3. The zero-order chi connectivity index (χ0) is 19.2. The lowest BCUT2D eigenvalue weighted by atomic mass is 10.2. The number of carbonyl (C=O) groups is 1. The molecule has 2 atom stereocenters. The van der Waals surface area contributed by atoms with Crippen LogP contribution in [0.1, 0.15) is 53.2 Å². The Morgan fingerprint density at radius 1 is 1.48 bits per heavy atom. The molecule has 0 aromatic carbocycles. The highest BCUT2D eigenvalue weighted by atomic mass is 16.6. The van der Waals surface area contributed by atoms with Crippen LogP contribution >= 0.6 is 0 Å². The molecule has 2 unspecified atom stereocenters. The first-order valence-electron chi connectivity index (χ1n) is 8.56. The van der Waals surface area contributed by atoms with Crippen molar-refractivity contribution in [3.63, 3.8) is 0 Å². The number of rotatable bonds is 5. The van der Waals surface area contributed by atoms with Crippen molar-refractivity contribution in [1.82, 2.24) is 9.55 Å². The third-order valence-corrected chi connectivity index (χ3v) is 2.94. The molecular weight excluding hydrogens is 328 g/mol. The van der Waals surface area contributed by atoms with Gasteiger partial charge in [-0.1, -0.05) is 34.1 Å². The van der Waals surface area contributed by atoms with Crippen LogP contribution in [0.4, 0.5) is 5.82 Å². The first kappa shape index (κ1) is 23.0. The highest BCUT2D eigenvalue weighted by molar-refractivity contribution is 5.71. The molecule has 1 fully saturated rings. The van der Waals surface area contributed by atoms with Crippen molar-refractivity contribution in [2.45, 2.75) is 59.3 Å². The Labute approximate surface area is 148 Å². The summed E-state index contributed by atoms with van der Waals surface area (Å²) in [4.78, 5) is 26.3. The molecular formula is C16H30N4O5. The summed E-state index contributed by atoms with van der Waals surface area (Å²) >= 11 is 0. The van der Waals surface area contributed by atoms with Crippen LogP contribution in [0.25, 0.3) is 0 Å². The number of hydrogen-bond acceptors (Lipinski definition) is 8. The van der Waals surface area contributed by atoms with E-state index in [0.29, 0.717) is 12.8 Å². The van der Waals surface area contributed by atoms with Crippen molar-refractivity contribution in [3.8, 4) is 0 Å². The largest absolute Gasteiger partial charge is 0.462 e. The fraction of sp³-hybridized carbons (Fsp3) is 0.688. The van der Waals surface area contributed by atoms with Gasteiger partial charge >= 0.3 is 11.7 Å². The van der Waals surface area contributed by atoms with Crippen LogP contribution in [-0.4, -0.2) is 40.0 Å². The number of aromatic nitrogens is 2. The van der Waals surface area contributed by atoms with Crippen LogP contribution in [0.5, 0.6) is 0 Å². The van der Waals surface area contributed by atoms with E-state index < -0.39 is 17.9 Å². The van der Waals surface area contributed by atoms with Gasteiger partial charge in [0.2, 0.25) is 0 Å². The topological polar surface area (TPSA) is 129 Å². The van der Waals surface area contributed by atoms with E-state index in [1.165, 1.54) is 23.3 Å². The fourth-order valence-electron chi connectivity index (χ4n) is 1.95. The summed E-state index contributed by atoms with van der Waals surface area (Å²) in [6.45, 7) is 8.19. The predicted octanol–water partition coefficient (Wildman–Crippen LogP) is 1.67. The van der Waals surface area contributed by atoms with Crippen LogP contribution in [0.2, 0.25) is 0 Å². The number of ether oxygens (including phenoxy) is 2. The molecule has 9 heteroatoms. The number of hydrogen-bond donors (Lipinski definition) is 3. The minimum atomic E-state index is -0.534. The summed E-state index contributed by atoms with van der Waals surface area (Å²) < 4.78 is 11.8. The first-order chi connectivity index (χ1) is 12.0. The molecule has 144 valence electrons. The number of anilines is 1. The molecule has 25 heavy (non-hydrogen) atoms. The Balaban J connectivity index is 0.00000104. The minimum absolute atomic E-state index is 0.0673. The van der Waals surface area contributed by atoms with Gasteiger partial charge in [-0.25, -0.2) is 4.79 Å². The van der Waals surface area contributed by atoms with E-state index in [0.717, 1.165) is 0 Å². The van der Waals surface area contributed by atoms with E-state index in [9.17, 15) is 9.59 Å². The standard InChI is InChI=1S/C11H16N4O5.C3H8.C2H6/c12-5-10(16)19-6-7-1-2-9(20-7)15-4-3-8(14-18)13-11(15)17;1-3-2;1-2/h3-4,7,9,18H,1-2,5-6,12H2,(H,13,14,17);3H2,1-2H3;1-2H3. The van der Waals surface area contributed by atoms with Crippen LogP contribution in [0.15, 0.2) is 17.1 Å². The van der Waals surface area contributed by atoms with Crippen molar-refractivity contribution in [1.29, 1.82) is 0 Å². The van der Waals surface area contributed by atoms with Crippen LogP contribution in [-0.2, 0) is 14.3 Å². The fourth-order valence-corrected chi connectivity index (χ4v) is 1.95. The van der Waals surface area contributed by atoms with Crippen molar-refractivity contribution in [2.75, 3.05) is 18.6 Å². The van der Waals surface area contributed by atoms with Crippen LogP contribution in [0.3, 0.4) is 0 Å². The molecule has 1 aromatic rings. The highest BCUT2D eigenvalue weighted by Gasteiger charge is 2.28. The maximum Gasteiger partial charge on any atom is 0.351 e. The molecule has 2 heterocycles. The number of nitrogens with two attached hydrogens (primary N) is 1. The highest BCUT2D eigenvalue weighted by Crippen LogP contribution is 2.27. The average Bonchev–Trinajstić information content (AvgIpc) is 3.10. The lowest BCUT2D eigenvalue weighted by Gasteiger charge is -2.15. The second-order valence-electron chi connectivity index (χ2n) is 5.00. The van der Waals surface area contributed by atoms with Crippen molar-refractivity contribution >= 4 is 11.8 Å². The van der Waals surface area contributed by atoms with Gasteiger partial charge in [0.05, 0.1) is 12.6 Å².